The van der Waals surface area contributed by atoms with Crippen molar-refractivity contribution in [3.8, 4) is 0 Å². The van der Waals surface area contributed by atoms with Gasteiger partial charge in [0.15, 0.2) is 0 Å². The number of carbonyl (C=O) groups is 2. The Morgan fingerprint density at radius 3 is 2.43 bits per heavy atom. The second-order valence-electron chi connectivity index (χ2n) is 4.59. The van der Waals surface area contributed by atoms with Crippen molar-refractivity contribution in [3.63, 3.8) is 0 Å². The van der Waals surface area contributed by atoms with Crippen molar-refractivity contribution in [1.29, 1.82) is 0 Å². The van der Waals surface area contributed by atoms with E-state index in [4.69, 9.17) is 0 Å². The largest absolute Gasteiger partial charge is 0.420 e. The minimum atomic E-state index is -4.88. The smallest absolute Gasteiger partial charge is 0.372 e. The summed E-state index contributed by atoms with van der Waals surface area (Å²) in [7, 11) is 1.62. The summed E-state index contributed by atoms with van der Waals surface area (Å²) in [6.45, 7) is 0.246. The number of alkyl halides is 3. The molecule has 2 heterocycles. The minimum Gasteiger partial charge on any atom is -0.372 e. The lowest BCUT2D eigenvalue weighted by Crippen LogP contribution is -2.56. The molecule has 10 heteroatoms. The Morgan fingerprint density at radius 2 is 2.00 bits per heavy atom. The predicted octanol–water partition coefficient (Wildman–Crippen LogP) is 0.891. The molecule has 0 saturated carbocycles. The van der Waals surface area contributed by atoms with Crippen molar-refractivity contribution < 1.29 is 22.8 Å². The average molecular weight is 303 g/mol. The minimum absolute atomic E-state index is 0.198. The molecule has 1 aromatic heterocycles. The van der Waals surface area contributed by atoms with Gasteiger partial charge in [-0.3, -0.25) is 14.7 Å². The normalized spacial score (nSPS) is 22.4. The monoisotopic (exact) mass is 303 g/mol. The summed E-state index contributed by atoms with van der Waals surface area (Å²) >= 11 is 0. The summed E-state index contributed by atoms with van der Waals surface area (Å²) in [6.07, 6.45) is -2.26. The molecule has 1 aliphatic heterocycles. The van der Waals surface area contributed by atoms with Crippen LogP contribution in [0.5, 0.6) is 0 Å². The topological polar surface area (TPSA) is 87.2 Å². The maximum atomic E-state index is 12.9. The molecule has 2 rings (SSSR count). The van der Waals surface area contributed by atoms with Gasteiger partial charge in [-0.05, 0) is 6.92 Å². The number of anilines is 1. The van der Waals surface area contributed by atoms with Crippen LogP contribution in [-0.4, -0.2) is 45.6 Å². The lowest BCUT2D eigenvalue weighted by molar-refractivity contribution is -0.191. The molecule has 114 valence electrons. The number of nitrogens with one attached hydrogen (secondary N) is 2. The van der Waals surface area contributed by atoms with Crippen LogP contribution in [0.2, 0.25) is 0 Å². The molecule has 2 N–H and O–H groups in total. The van der Waals surface area contributed by atoms with Crippen LogP contribution in [0.25, 0.3) is 0 Å². The number of nitrogens with zero attached hydrogens (tertiary/aromatic N) is 3. The second kappa shape index (κ2) is 4.86. The number of aromatic nitrogens is 2. The van der Waals surface area contributed by atoms with Gasteiger partial charge in [0.2, 0.25) is 5.54 Å². The fourth-order valence-electron chi connectivity index (χ4n) is 1.76. The first-order chi connectivity index (χ1) is 9.69. The molecule has 3 amide bonds. The second-order valence-corrected chi connectivity index (χ2v) is 4.59. The molecule has 0 radical (unpaired) electrons. The van der Waals surface area contributed by atoms with Crippen LogP contribution in [0.15, 0.2) is 12.4 Å². The van der Waals surface area contributed by atoms with Gasteiger partial charge in [-0.1, -0.05) is 0 Å². The number of hydrogen-bond acceptors (Lipinski definition) is 5. The number of urea groups is 1. The van der Waals surface area contributed by atoms with E-state index < -0.39 is 23.7 Å². The van der Waals surface area contributed by atoms with Crippen molar-refractivity contribution in [1.82, 2.24) is 20.2 Å². The van der Waals surface area contributed by atoms with Gasteiger partial charge in [-0.25, -0.2) is 9.78 Å². The van der Waals surface area contributed by atoms with E-state index in [0.29, 0.717) is 17.6 Å². The number of rotatable bonds is 3. The number of halogens is 3. The van der Waals surface area contributed by atoms with E-state index in [0.717, 1.165) is 0 Å². The summed E-state index contributed by atoms with van der Waals surface area (Å²) in [6, 6.07) is -1.11. The fraction of sp³-hybridized carbons (Fsp3) is 0.455. The van der Waals surface area contributed by atoms with Crippen LogP contribution < -0.4 is 10.6 Å². The third-order valence-corrected chi connectivity index (χ3v) is 3.12. The van der Waals surface area contributed by atoms with E-state index in [1.165, 1.54) is 12.4 Å². The van der Waals surface area contributed by atoms with Gasteiger partial charge < -0.3 is 10.6 Å². The molecule has 1 unspecified atom stereocenters. The van der Waals surface area contributed by atoms with Gasteiger partial charge in [0, 0.05) is 7.05 Å². The first kappa shape index (κ1) is 15.0. The van der Waals surface area contributed by atoms with Gasteiger partial charge in [0.25, 0.3) is 5.91 Å². The van der Waals surface area contributed by atoms with E-state index >= 15 is 0 Å². The molecule has 1 fully saturated rings. The van der Waals surface area contributed by atoms with Gasteiger partial charge in [0.05, 0.1) is 24.6 Å². The van der Waals surface area contributed by atoms with Gasteiger partial charge in [-0.15, -0.1) is 0 Å². The Labute approximate surface area is 117 Å². The summed E-state index contributed by atoms with van der Waals surface area (Å²) in [5, 5.41) is 4.38. The zero-order chi connectivity index (χ0) is 15.8. The van der Waals surface area contributed by atoms with Crippen LogP contribution in [-0.2, 0) is 11.3 Å². The molecular weight excluding hydrogens is 291 g/mol. The van der Waals surface area contributed by atoms with E-state index in [1.54, 1.807) is 12.4 Å². The zero-order valence-corrected chi connectivity index (χ0v) is 11.2. The molecular formula is C11H12F3N5O2. The van der Waals surface area contributed by atoms with Crippen LogP contribution in [0, 0.1) is 0 Å². The summed E-state index contributed by atoms with van der Waals surface area (Å²) in [5.74, 6) is -0.907. The quantitative estimate of drug-likeness (QED) is 0.810. The van der Waals surface area contributed by atoms with Crippen LogP contribution in [0.1, 0.15) is 12.6 Å². The Hall–Kier alpha value is -2.39. The highest BCUT2D eigenvalue weighted by molar-refractivity contribution is 6.07. The predicted molar refractivity (Wildman–Crippen MR) is 65.1 cm³/mol. The fourth-order valence-corrected chi connectivity index (χ4v) is 1.76. The van der Waals surface area contributed by atoms with Crippen LogP contribution in [0.4, 0.5) is 23.8 Å². The third-order valence-electron chi connectivity index (χ3n) is 3.12. The highest BCUT2D eigenvalue weighted by atomic mass is 19.4. The molecule has 21 heavy (non-hydrogen) atoms. The number of amides is 3. The standard InChI is InChI=1S/C11H12F3N5O2/c1-10(11(12,13)14)8(20)19(9(21)18-10)5-6-3-17-7(15-2)4-16-6/h3-4H,5H2,1-2H3,(H,15,17)(H,18,21). The Kier molecular flexibility index (Phi) is 3.47. The average Bonchev–Trinajstić information content (AvgIpc) is 2.64. The molecule has 1 aliphatic rings. The van der Waals surface area contributed by atoms with Crippen molar-refractivity contribution in [3.05, 3.63) is 18.1 Å². The Balaban J connectivity index is 2.21. The van der Waals surface area contributed by atoms with E-state index in [1.807, 2.05) is 0 Å². The maximum absolute atomic E-state index is 12.9. The molecule has 0 aromatic carbocycles. The number of imide groups is 1. The number of carbonyl (C=O) groups excluding carboxylic acids is 2. The molecule has 0 bridgehead atoms. The highest BCUT2D eigenvalue weighted by Gasteiger charge is 2.64. The Morgan fingerprint density at radius 1 is 1.33 bits per heavy atom. The SMILES string of the molecule is CNc1cnc(CN2C(=O)NC(C)(C(F)(F)F)C2=O)cn1. The third kappa shape index (κ3) is 2.48. The lowest BCUT2D eigenvalue weighted by atomic mass is 10.0. The number of hydrogen-bond donors (Lipinski definition) is 2. The van der Waals surface area contributed by atoms with Gasteiger partial charge in [-0.2, -0.15) is 13.2 Å². The van der Waals surface area contributed by atoms with E-state index in [-0.39, 0.29) is 12.2 Å². The van der Waals surface area contributed by atoms with Crippen molar-refractivity contribution in [2.24, 2.45) is 0 Å². The molecule has 1 atom stereocenters. The summed E-state index contributed by atoms with van der Waals surface area (Å²) in [4.78, 5) is 31.8. The summed E-state index contributed by atoms with van der Waals surface area (Å²) < 4.78 is 38.6. The Bertz CT molecular complexity index is 574. The van der Waals surface area contributed by atoms with Crippen LogP contribution in [0.3, 0.4) is 0 Å². The van der Waals surface area contributed by atoms with E-state index in [9.17, 15) is 22.8 Å². The first-order valence-corrected chi connectivity index (χ1v) is 5.88. The highest BCUT2D eigenvalue weighted by Crippen LogP contribution is 2.35. The molecule has 1 saturated heterocycles. The van der Waals surface area contributed by atoms with Gasteiger partial charge >= 0.3 is 12.2 Å². The molecule has 0 aliphatic carbocycles. The van der Waals surface area contributed by atoms with Crippen molar-refractivity contribution in [2.75, 3.05) is 12.4 Å². The maximum Gasteiger partial charge on any atom is 0.420 e. The van der Waals surface area contributed by atoms with Gasteiger partial charge in [0.1, 0.15) is 5.82 Å². The molecule has 1 aromatic rings. The van der Waals surface area contributed by atoms with Crippen LogP contribution >= 0.6 is 0 Å². The zero-order valence-electron chi connectivity index (χ0n) is 11.2. The molecule has 0 spiro atoms. The van der Waals surface area contributed by atoms with Crippen molar-refractivity contribution in [2.45, 2.75) is 25.2 Å². The van der Waals surface area contributed by atoms with E-state index in [2.05, 4.69) is 15.3 Å². The lowest BCUT2D eigenvalue weighted by Gasteiger charge is -2.24. The van der Waals surface area contributed by atoms with Crippen molar-refractivity contribution >= 4 is 17.8 Å². The molecule has 7 nitrogen and oxygen atoms in total. The first-order valence-electron chi connectivity index (χ1n) is 5.88. The summed E-state index contributed by atoms with van der Waals surface area (Å²) in [5.41, 5.74) is -2.72.